The summed E-state index contributed by atoms with van der Waals surface area (Å²) >= 11 is 0. The molecule has 0 unspecified atom stereocenters. The monoisotopic (exact) mass is 310 g/mol. The van der Waals surface area contributed by atoms with Gasteiger partial charge >= 0.3 is 5.97 Å². The zero-order valence-electron chi connectivity index (χ0n) is 11.2. The van der Waals surface area contributed by atoms with Crippen LogP contribution in [0.25, 0.3) is 0 Å². The summed E-state index contributed by atoms with van der Waals surface area (Å²) in [6.07, 6.45) is 1.44. The van der Waals surface area contributed by atoms with E-state index in [1.165, 1.54) is 24.5 Å². The third kappa shape index (κ3) is 3.41. The maximum atomic E-state index is 12.3. The molecule has 7 nitrogen and oxygen atoms in total. The first-order chi connectivity index (χ1) is 9.94. The van der Waals surface area contributed by atoms with Gasteiger partial charge in [-0.15, -0.1) is 0 Å². The third-order valence-electron chi connectivity index (χ3n) is 2.71. The van der Waals surface area contributed by atoms with Crippen molar-refractivity contribution < 1.29 is 22.4 Å². The number of hydrogen-bond acceptors (Lipinski definition) is 6. The maximum absolute atomic E-state index is 12.3. The van der Waals surface area contributed by atoms with Crippen LogP contribution < -0.4 is 10.5 Å². The van der Waals surface area contributed by atoms with Crippen molar-refractivity contribution in [3.05, 3.63) is 47.9 Å². The molecule has 0 radical (unpaired) electrons. The van der Waals surface area contributed by atoms with Crippen LogP contribution in [0, 0.1) is 0 Å². The van der Waals surface area contributed by atoms with E-state index in [0.29, 0.717) is 5.76 Å². The molecule has 1 aromatic carbocycles. The normalized spacial score (nSPS) is 11.3. The Bertz CT molecular complexity index is 738. The first kappa shape index (κ1) is 15.1. The Hall–Kier alpha value is -2.32. The lowest BCUT2D eigenvalue weighted by Crippen LogP contribution is -2.25. The number of methoxy groups -OCH3 is 1. The predicted octanol–water partition coefficient (Wildman–Crippen LogP) is 1.13. The van der Waals surface area contributed by atoms with E-state index >= 15 is 0 Å². The molecule has 1 heterocycles. The molecule has 112 valence electrons. The lowest BCUT2D eigenvalue weighted by Gasteiger charge is -2.10. The molecule has 3 N–H and O–H groups in total. The number of furan rings is 1. The van der Waals surface area contributed by atoms with Crippen LogP contribution in [-0.2, 0) is 21.3 Å². The number of nitrogen functional groups attached to an aromatic ring is 1. The quantitative estimate of drug-likeness (QED) is 0.632. The fourth-order valence-electron chi connectivity index (χ4n) is 1.71. The Kier molecular flexibility index (Phi) is 4.29. The minimum absolute atomic E-state index is 0.0275. The number of benzene rings is 1. The molecule has 8 heteroatoms. The number of ether oxygens (including phenoxy) is 1. The molecule has 0 saturated heterocycles. The number of carbonyl (C=O) groups excluding carboxylic acids is 1. The second kappa shape index (κ2) is 5.98. The summed E-state index contributed by atoms with van der Waals surface area (Å²) in [5, 5.41) is 0. The van der Waals surface area contributed by atoms with Crippen molar-refractivity contribution in [2.24, 2.45) is 0 Å². The second-order valence-electron chi connectivity index (χ2n) is 4.15. The minimum Gasteiger partial charge on any atom is -0.468 e. The van der Waals surface area contributed by atoms with Crippen molar-refractivity contribution >= 4 is 21.7 Å². The van der Waals surface area contributed by atoms with E-state index in [-0.39, 0.29) is 22.7 Å². The molecule has 0 atom stereocenters. The van der Waals surface area contributed by atoms with Gasteiger partial charge in [0.05, 0.1) is 30.4 Å². The van der Waals surface area contributed by atoms with Gasteiger partial charge in [0.25, 0.3) is 0 Å². The number of hydrogen-bond donors (Lipinski definition) is 2. The summed E-state index contributed by atoms with van der Waals surface area (Å²) in [6, 6.07) is 7.19. The molecule has 0 fully saturated rings. The Morgan fingerprint density at radius 2 is 2.14 bits per heavy atom. The number of sulfonamides is 1. The lowest BCUT2D eigenvalue weighted by molar-refractivity contribution is 0.0596. The molecule has 0 aliphatic heterocycles. The van der Waals surface area contributed by atoms with Gasteiger partial charge in [-0.1, -0.05) is 0 Å². The minimum atomic E-state index is -3.91. The molecule has 2 aromatic rings. The summed E-state index contributed by atoms with van der Waals surface area (Å²) in [4.78, 5) is 11.5. The lowest BCUT2D eigenvalue weighted by atomic mass is 10.2. The summed E-state index contributed by atoms with van der Waals surface area (Å²) in [5.41, 5.74) is 5.72. The molecule has 2 rings (SSSR count). The van der Waals surface area contributed by atoms with E-state index in [2.05, 4.69) is 9.46 Å². The number of anilines is 1. The highest BCUT2D eigenvalue weighted by atomic mass is 32.2. The van der Waals surface area contributed by atoms with E-state index in [0.717, 1.165) is 7.11 Å². The van der Waals surface area contributed by atoms with E-state index in [9.17, 15) is 13.2 Å². The molecular weight excluding hydrogens is 296 g/mol. The van der Waals surface area contributed by atoms with Crippen molar-refractivity contribution in [1.29, 1.82) is 0 Å². The zero-order valence-corrected chi connectivity index (χ0v) is 12.0. The molecule has 0 saturated carbocycles. The highest BCUT2D eigenvalue weighted by molar-refractivity contribution is 7.89. The summed E-state index contributed by atoms with van der Waals surface area (Å²) in [6.45, 7) is -0.0275. The fourth-order valence-corrected chi connectivity index (χ4v) is 2.88. The topological polar surface area (TPSA) is 112 Å². The van der Waals surface area contributed by atoms with Crippen LogP contribution in [0.5, 0.6) is 0 Å². The summed E-state index contributed by atoms with van der Waals surface area (Å²) in [7, 11) is -2.74. The molecule has 0 amide bonds. The highest BCUT2D eigenvalue weighted by Gasteiger charge is 2.23. The average Bonchev–Trinajstić information content (AvgIpc) is 2.97. The van der Waals surface area contributed by atoms with Gasteiger partial charge in [-0.3, -0.25) is 0 Å². The van der Waals surface area contributed by atoms with Gasteiger partial charge in [0.15, 0.2) is 0 Å². The number of carbonyl (C=O) groups is 1. The summed E-state index contributed by atoms with van der Waals surface area (Å²) < 4.78 is 36.5. The van der Waals surface area contributed by atoms with Crippen molar-refractivity contribution in [2.75, 3.05) is 12.8 Å². The van der Waals surface area contributed by atoms with Crippen molar-refractivity contribution in [1.82, 2.24) is 4.72 Å². The first-order valence-electron chi connectivity index (χ1n) is 5.94. The van der Waals surface area contributed by atoms with Crippen LogP contribution in [0.4, 0.5) is 5.69 Å². The van der Waals surface area contributed by atoms with E-state index in [1.54, 1.807) is 12.1 Å². The number of nitrogens with one attached hydrogen (secondary N) is 1. The summed E-state index contributed by atoms with van der Waals surface area (Å²) in [5.74, 6) is -0.325. The number of esters is 1. The van der Waals surface area contributed by atoms with Gasteiger partial charge in [-0.25, -0.2) is 17.9 Å². The molecular formula is C13H14N2O5S. The van der Waals surface area contributed by atoms with Crippen LogP contribution in [-0.4, -0.2) is 21.5 Å². The van der Waals surface area contributed by atoms with Gasteiger partial charge in [-0.05, 0) is 30.3 Å². The predicted molar refractivity (Wildman–Crippen MR) is 74.9 cm³/mol. The van der Waals surface area contributed by atoms with E-state index in [1.807, 2.05) is 0 Å². The standard InChI is InChI=1S/C13H14N2O5S/c1-19-13(16)11-7-9(14)4-5-12(11)21(17,18)15-8-10-3-2-6-20-10/h2-7,15H,8,14H2,1H3. The van der Waals surface area contributed by atoms with Crippen molar-refractivity contribution in [2.45, 2.75) is 11.4 Å². The molecule has 0 bridgehead atoms. The Morgan fingerprint density at radius 1 is 1.38 bits per heavy atom. The van der Waals surface area contributed by atoms with Crippen LogP contribution in [0.2, 0.25) is 0 Å². The molecule has 0 aliphatic carbocycles. The molecule has 0 aliphatic rings. The van der Waals surface area contributed by atoms with Crippen LogP contribution in [0.1, 0.15) is 16.1 Å². The molecule has 21 heavy (non-hydrogen) atoms. The Morgan fingerprint density at radius 3 is 2.76 bits per heavy atom. The van der Waals surface area contributed by atoms with E-state index < -0.39 is 16.0 Å². The van der Waals surface area contributed by atoms with Gasteiger partial charge < -0.3 is 14.9 Å². The van der Waals surface area contributed by atoms with Crippen LogP contribution >= 0.6 is 0 Å². The third-order valence-corrected chi connectivity index (χ3v) is 4.17. The van der Waals surface area contributed by atoms with Crippen molar-refractivity contribution in [3.63, 3.8) is 0 Å². The van der Waals surface area contributed by atoms with Gasteiger partial charge in [0.1, 0.15) is 5.76 Å². The van der Waals surface area contributed by atoms with Gasteiger partial charge in [0, 0.05) is 5.69 Å². The largest absolute Gasteiger partial charge is 0.468 e. The molecule has 1 aromatic heterocycles. The number of nitrogens with two attached hydrogens (primary N) is 1. The van der Waals surface area contributed by atoms with Crippen LogP contribution in [0.3, 0.4) is 0 Å². The van der Waals surface area contributed by atoms with Gasteiger partial charge in [-0.2, -0.15) is 0 Å². The van der Waals surface area contributed by atoms with E-state index in [4.69, 9.17) is 10.2 Å². The fraction of sp³-hybridized carbons (Fsp3) is 0.154. The van der Waals surface area contributed by atoms with Crippen LogP contribution in [0.15, 0.2) is 45.9 Å². The first-order valence-corrected chi connectivity index (χ1v) is 7.42. The highest BCUT2D eigenvalue weighted by Crippen LogP contribution is 2.20. The Balaban J connectivity index is 2.33. The van der Waals surface area contributed by atoms with Gasteiger partial charge in [0.2, 0.25) is 10.0 Å². The maximum Gasteiger partial charge on any atom is 0.339 e. The average molecular weight is 310 g/mol. The second-order valence-corrected chi connectivity index (χ2v) is 5.89. The number of rotatable bonds is 5. The SMILES string of the molecule is COC(=O)c1cc(N)ccc1S(=O)(=O)NCc1ccco1. The van der Waals surface area contributed by atoms with Crippen molar-refractivity contribution in [3.8, 4) is 0 Å². The smallest absolute Gasteiger partial charge is 0.339 e. The molecule has 0 spiro atoms. The zero-order chi connectivity index (χ0) is 15.5. The Labute approximate surface area is 121 Å².